The quantitative estimate of drug-likeness (QED) is 0.805. The summed E-state index contributed by atoms with van der Waals surface area (Å²) >= 11 is 0. The highest BCUT2D eigenvalue weighted by Gasteiger charge is 2.34. The van der Waals surface area contributed by atoms with Gasteiger partial charge in [-0.15, -0.1) is 0 Å². The molecule has 102 valence electrons. The topological polar surface area (TPSA) is 69.6 Å². The molecule has 1 aliphatic carbocycles. The number of carbonyl (C=O) groups is 2. The lowest BCUT2D eigenvalue weighted by Gasteiger charge is -2.22. The first-order valence-corrected chi connectivity index (χ1v) is 6.85. The van der Waals surface area contributed by atoms with Crippen molar-refractivity contribution in [2.75, 3.05) is 13.1 Å². The van der Waals surface area contributed by atoms with E-state index in [-0.39, 0.29) is 6.03 Å². The van der Waals surface area contributed by atoms with Crippen molar-refractivity contribution in [2.24, 2.45) is 11.8 Å². The molecule has 2 aliphatic rings. The largest absolute Gasteiger partial charge is 0.480 e. The first kappa shape index (κ1) is 13.2. The van der Waals surface area contributed by atoms with Crippen molar-refractivity contribution in [1.82, 2.24) is 10.2 Å². The highest BCUT2D eigenvalue weighted by atomic mass is 16.4. The average molecular weight is 254 g/mol. The fourth-order valence-corrected chi connectivity index (χ4v) is 3.11. The van der Waals surface area contributed by atoms with Gasteiger partial charge in [0.05, 0.1) is 0 Å². The Morgan fingerprint density at radius 3 is 2.72 bits per heavy atom. The van der Waals surface area contributed by atoms with Crippen LogP contribution in [0, 0.1) is 11.8 Å². The molecule has 5 nitrogen and oxygen atoms in total. The molecule has 0 spiro atoms. The molecule has 2 fully saturated rings. The third-order valence-corrected chi connectivity index (χ3v) is 4.14. The number of rotatable bonds is 3. The van der Waals surface area contributed by atoms with Crippen molar-refractivity contribution in [3.63, 3.8) is 0 Å². The lowest BCUT2D eigenvalue weighted by Crippen LogP contribution is -2.46. The lowest BCUT2D eigenvalue weighted by atomic mass is 10.1. The number of nitrogens with one attached hydrogen (secondary N) is 1. The number of carboxylic acids is 1. The van der Waals surface area contributed by atoms with Crippen LogP contribution in [0.5, 0.6) is 0 Å². The van der Waals surface area contributed by atoms with Crippen LogP contribution >= 0.6 is 0 Å². The fraction of sp³-hybridized carbons (Fsp3) is 0.846. The van der Waals surface area contributed by atoms with E-state index in [1.54, 1.807) is 0 Å². The molecule has 2 amide bonds. The molecule has 1 heterocycles. The van der Waals surface area contributed by atoms with E-state index >= 15 is 0 Å². The van der Waals surface area contributed by atoms with Crippen molar-refractivity contribution in [2.45, 2.75) is 45.1 Å². The van der Waals surface area contributed by atoms with Crippen molar-refractivity contribution in [3.05, 3.63) is 0 Å². The van der Waals surface area contributed by atoms with E-state index in [4.69, 9.17) is 5.11 Å². The second-order valence-corrected chi connectivity index (χ2v) is 5.66. The van der Waals surface area contributed by atoms with Gasteiger partial charge in [-0.05, 0) is 37.5 Å². The Kier molecular flexibility index (Phi) is 4.09. The minimum Gasteiger partial charge on any atom is -0.480 e. The Labute approximate surface area is 108 Å². The molecule has 0 bridgehead atoms. The van der Waals surface area contributed by atoms with E-state index in [2.05, 4.69) is 12.2 Å². The zero-order valence-electron chi connectivity index (χ0n) is 10.9. The third kappa shape index (κ3) is 2.94. The molecule has 2 rings (SSSR count). The minimum atomic E-state index is -0.892. The van der Waals surface area contributed by atoms with Crippen LogP contribution in [0.2, 0.25) is 0 Å². The molecule has 5 heteroatoms. The van der Waals surface area contributed by atoms with E-state index < -0.39 is 12.0 Å². The molecule has 0 aromatic heterocycles. The van der Waals surface area contributed by atoms with Gasteiger partial charge in [-0.25, -0.2) is 9.59 Å². The highest BCUT2D eigenvalue weighted by molar-refractivity contribution is 5.83. The number of hydrogen-bond donors (Lipinski definition) is 2. The van der Waals surface area contributed by atoms with Gasteiger partial charge in [0.15, 0.2) is 0 Å². The predicted molar refractivity (Wildman–Crippen MR) is 67.3 cm³/mol. The van der Waals surface area contributed by atoms with Gasteiger partial charge in [-0.1, -0.05) is 13.3 Å². The van der Waals surface area contributed by atoms with Gasteiger partial charge in [-0.3, -0.25) is 0 Å². The first-order chi connectivity index (χ1) is 8.58. The van der Waals surface area contributed by atoms with Gasteiger partial charge in [-0.2, -0.15) is 0 Å². The molecule has 3 atom stereocenters. The highest BCUT2D eigenvalue weighted by Crippen LogP contribution is 2.29. The normalized spacial score (nSPS) is 31.6. The summed E-state index contributed by atoms with van der Waals surface area (Å²) in [5.41, 5.74) is 0. The molecule has 2 N–H and O–H groups in total. The second-order valence-electron chi connectivity index (χ2n) is 5.66. The smallest absolute Gasteiger partial charge is 0.326 e. The van der Waals surface area contributed by atoms with E-state index in [0.717, 1.165) is 12.3 Å². The summed E-state index contributed by atoms with van der Waals surface area (Å²) in [7, 11) is 0. The molecule has 0 aromatic rings. The molecule has 1 saturated carbocycles. The Morgan fingerprint density at radius 2 is 2.11 bits per heavy atom. The Balaban J connectivity index is 1.79. The van der Waals surface area contributed by atoms with Gasteiger partial charge in [0.2, 0.25) is 0 Å². The van der Waals surface area contributed by atoms with Crippen LogP contribution in [0.15, 0.2) is 0 Å². The van der Waals surface area contributed by atoms with Gasteiger partial charge in [0.1, 0.15) is 6.04 Å². The third-order valence-electron chi connectivity index (χ3n) is 4.14. The predicted octanol–water partition coefficient (Wildman–Crippen LogP) is 1.68. The van der Waals surface area contributed by atoms with E-state index in [1.807, 2.05) is 0 Å². The monoisotopic (exact) mass is 254 g/mol. The Bertz CT molecular complexity index is 332. The molecular weight excluding hydrogens is 232 g/mol. The maximum Gasteiger partial charge on any atom is 0.326 e. The fourth-order valence-electron chi connectivity index (χ4n) is 3.11. The number of hydrogen-bond acceptors (Lipinski definition) is 2. The van der Waals surface area contributed by atoms with Crippen LogP contribution in [-0.2, 0) is 4.79 Å². The molecule has 0 aromatic carbocycles. The summed E-state index contributed by atoms with van der Waals surface area (Å²) < 4.78 is 0. The number of urea groups is 1. The van der Waals surface area contributed by atoms with E-state index in [0.29, 0.717) is 25.4 Å². The maximum atomic E-state index is 11.9. The van der Waals surface area contributed by atoms with Crippen molar-refractivity contribution < 1.29 is 14.7 Å². The summed E-state index contributed by atoms with van der Waals surface area (Å²) in [5.74, 6) is 0.428. The molecular formula is C13H22N2O3. The van der Waals surface area contributed by atoms with Crippen LogP contribution in [0.4, 0.5) is 4.79 Å². The van der Waals surface area contributed by atoms with Gasteiger partial charge >= 0.3 is 12.0 Å². The summed E-state index contributed by atoms with van der Waals surface area (Å²) in [6, 6.07) is -0.841. The van der Waals surface area contributed by atoms with Crippen LogP contribution in [-0.4, -0.2) is 41.1 Å². The lowest BCUT2D eigenvalue weighted by molar-refractivity contribution is -0.141. The number of nitrogens with zero attached hydrogens (tertiary/aromatic N) is 1. The number of aliphatic carboxylic acids is 1. The van der Waals surface area contributed by atoms with Crippen LogP contribution < -0.4 is 5.32 Å². The maximum absolute atomic E-state index is 11.9. The zero-order chi connectivity index (χ0) is 13.1. The number of likely N-dealkylation sites (tertiary alicyclic amines) is 1. The number of carboxylic acid groups (broad SMARTS) is 1. The van der Waals surface area contributed by atoms with Gasteiger partial charge in [0, 0.05) is 13.1 Å². The van der Waals surface area contributed by atoms with E-state index in [9.17, 15) is 9.59 Å². The summed E-state index contributed by atoms with van der Waals surface area (Å²) in [5, 5.41) is 11.9. The summed E-state index contributed by atoms with van der Waals surface area (Å²) in [6.45, 7) is 3.48. The van der Waals surface area contributed by atoms with Gasteiger partial charge < -0.3 is 15.3 Å². The Morgan fingerprint density at radius 1 is 1.33 bits per heavy atom. The molecule has 2 unspecified atom stereocenters. The SMILES string of the molecule is CC1CCC(CNC(=O)N2CCC[C@@H]2C(=O)O)C1. The van der Waals surface area contributed by atoms with Crippen LogP contribution in [0.1, 0.15) is 39.0 Å². The molecule has 18 heavy (non-hydrogen) atoms. The van der Waals surface area contributed by atoms with Crippen LogP contribution in [0.3, 0.4) is 0 Å². The zero-order valence-corrected chi connectivity index (χ0v) is 10.9. The Hall–Kier alpha value is -1.26. The minimum absolute atomic E-state index is 0.209. The van der Waals surface area contributed by atoms with Gasteiger partial charge in [0.25, 0.3) is 0 Å². The van der Waals surface area contributed by atoms with Crippen molar-refractivity contribution in [3.8, 4) is 0 Å². The second kappa shape index (κ2) is 5.59. The number of carbonyl (C=O) groups excluding carboxylic acids is 1. The number of amides is 2. The van der Waals surface area contributed by atoms with Crippen LogP contribution in [0.25, 0.3) is 0 Å². The van der Waals surface area contributed by atoms with E-state index in [1.165, 1.54) is 24.2 Å². The van der Waals surface area contributed by atoms with Crippen molar-refractivity contribution >= 4 is 12.0 Å². The molecule has 0 radical (unpaired) electrons. The molecule has 1 saturated heterocycles. The van der Waals surface area contributed by atoms with Crippen molar-refractivity contribution in [1.29, 1.82) is 0 Å². The summed E-state index contributed by atoms with van der Waals surface area (Å²) in [4.78, 5) is 24.4. The average Bonchev–Trinajstić information content (AvgIpc) is 2.94. The summed E-state index contributed by atoms with van der Waals surface area (Å²) in [6.07, 6.45) is 4.93. The first-order valence-electron chi connectivity index (χ1n) is 6.85. The molecule has 1 aliphatic heterocycles. The standard InChI is InChI=1S/C13H22N2O3/c1-9-4-5-10(7-9)8-14-13(18)15-6-2-3-11(15)12(16)17/h9-11H,2-8H2,1H3,(H,14,18)(H,16,17)/t9?,10?,11-/m1/s1.